The summed E-state index contributed by atoms with van der Waals surface area (Å²) in [5.41, 5.74) is 0.308. The van der Waals surface area contributed by atoms with Crippen molar-refractivity contribution < 1.29 is 24.9 Å². The van der Waals surface area contributed by atoms with Crippen molar-refractivity contribution in [3.05, 3.63) is 23.8 Å². The molecular formula is C13H19NO5. The molecule has 6 heteroatoms. The second kappa shape index (κ2) is 6.96. The van der Waals surface area contributed by atoms with Crippen molar-refractivity contribution in [2.75, 3.05) is 13.7 Å². The van der Waals surface area contributed by atoms with Gasteiger partial charge in [0.25, 0.3) is 0 Å². The van der Waals surface area contributed by atoms with Crippen molar-refractivity contribution in [1.82, 2.24) is 5.32 Å². The number of phenolic OH excluding ortho intramolecular Hbond substituents is 2. The van der Waals surface area contributed by atoms with Gasteiger partial charge in [0.1, 0.15) is 12.1 Å². The maximum absolute atomic E-state index is 11.7. The van der Waals surface area contributed by atoms with E-state index in [0.29, 0.717) is 12.0 Å². The van der Waals surface area contributed by atoms with Crippen molar-refractivity contribution in [2.24, 2.45) is 0 Å². The summed E-state index contributed by atoms with van der Waals surface area (Å²) in [7, 11) is 1.53. The third-order valence-electron chi connectivity index (χ3n) is 2.67. The van der Waals surface area contributed by atoms with Gasteiger partial charge in [-0.05, 0) is 31.2 Å². The Balaban J connectivity index is 2.85. The van der Waals surface area contributed by atoms with Crippen LogP contribution in [-0.4, -0.2) is 41.0 Å². The van der Waals surface area contributed by atoms with Gasteiger partial charge in [0.2, 0.25) is 0 Å². The number of rotatable bonds is 6. The number of aliphatic hydroxyl groups excluding tert-OH is 1. The van der Waals surface area contributed by atoms with Crippen LogP contribution >= 0.6 is 0 Å². The van der Waals surface area contributed by atoms with Gasteiger partial charge in [0.05, 0.1) is 6.61 Å². The standard InChI is InChI=1S/C13H19NO5/c1-3-6-19-13(18)11(14-2)12(17)8-4-5-9(15)10(16)7-8/h4-5,7,11-12,14-17H,3,6H2,1-2H3/t11-,12?/m0/s1. The number of aromatic hydroxyl groups is 2. The smallest absolute Gasteiger partial charge is 0.326 e. The first-order valence-electron chi connectivity index (χ1n) is 6.05. The molecular weight excluding hydrogens is 250 g/mol. The van der Waals surface area contributed by atoms with E-state index in [-0.39, 0.29) is 18.1 Å². The fourth-order valence-corrected chi connectivity index (χ4v) is 1.61. The van der Waals surface area contributed by atoms with Crippen LogP contribution in [0.4, 0.5) is 0 Å². The van der Waals surface area contributed by atoms with Crippen LogP contribution in [0.2, 0.25) is 0 Å². The van der Waals surface area contributed by atoms with Crippen molar-refractivity contribution in [1.29, 1.82) is 0 Å². The lowest BCUT2D eigenvalue weighted by Gasteiger charge is -2.21. The summed E-state index contributed by atoms with van der Waals surface area (Å²) in [6.45, 7) is 2.15. The zero-order valence-corrected chi connectivity index (χ0v) is 11.0. The molecule has 1 aromatic carbocycles. The first-order chi connectivity index (χ1) is 9.01. The summed E-state index contributed by atoms with van der Waals surface area (Å²) < 4.78 is 4.97. The van der Waals surface area contributed by atoms with E-state index in [9.17, 15) is 20.1 Å². The molecule has 0 heterocycles. The number of carbonyl (C=O) groups excluding carboxylic acids is 1. The van der Waals surface area contributed by atoms with E-state index < -0.39 is 18.1 Å². The predicted molar refractivity (Wildman–Crippen MR) is 68.8 cm³/mol. The first kappa shape index (κ1) is 15.3. The number of aliphatic hydroxyl groups is 1. The fourth-order valence-electron chi connectivity index (χ4n) is 1.61. The van der Waals surface area contributed by atoms with Crippen LogP contribution < -0.4 is 5.32 Å². The van der Waals surface area contributed by atoms with Crippen molar-refractivity contribution >= 4 is 5.97 Å². The highest BCUT2D eigenvalue weighted by Crippen LogP contribution is 2.29. The fraction of sp³-hybridized carbons (Fsp3) is 0.462. The second-order valence-electron chi connectivity index (χ2n) is 4.13. The van der Waals surface area contributed by atoms with Crippen LogP contribution in [0.3, 0.4) is 0 Å². The Morgan fingerprint density at radius 2 is 2.05 bits per heavy atom. The second-order valence-corrected chi connectivity index (χ2v) is 4.13. The van der Waals surface area contributed by atoms with Gasteiger partial charge in [-0.15, -0.1) is 0 Å². The van der Waals surface area contributed by atoms with Gasteiger partial charge in [-0.2, -0.15) is 0 Å². The van der Waals surface area contributed by atoms with Crippen molar-refractivity contribution in [3.63, 3.8) is 0 Å². The zero-order valence-electron chi connectivity index (χ0n) is 11.0. The number of hydrogen-bond acceptors (Lipinski definition) is 6. The predicted octanol–water partition coefficient (Wildman–Crippen LogP) is 0.672. The molecule has 0 aliphatic carbocycles. The summed E-state index contributed by atoms with van der Waals surface area (Å²) in [5, 5.41) is 31.4. The van der Waals surface area contributed by atoms with Crippen LogP contribution in [0.15, 0.2) is 18.2 Å². The minimum Gasteiger partial charge on any atom is -0.504 e. The first-order valence-corrected chi connectivity index (χ1v) is 6.05. The maximum Gasteiger partial charge on any atom is 0.326 e. The van der Waals surface area contributed by atoms with Gasteiger partial charge in [-0.25, -0.2) is 0 Å². The van der Waals surface area contributed by atoms with Gasteiger partial charge in [-0.3, -0.25) is 4.79 Å². The summed E-state index contributed by atoms with van der Waals surface area (Å²) >= 11 is 0. The summed E-state index contributed by atoms with van der Waals surface area (Å²) in [6.07, 6.45) is -0.487. The molecule has 1 rings (SSSR count). The lowest BCUT2D eigenvalue weighted by atomic mass is 10.0. The molecule has 2 atom stereocenters. The average molecular weight is 269 g/mol. The van der Waals surface area contributed by atoms with E-state index >= 15 is 0 Å². The Hall–Kier alpha value is -1.79. The Labute approximate surface area is 111 Å². The monoisotopic (exact) mass is 269 g/mol. The largest absolute Gasteiger partial charge is 0.504 e. The molecule has 0 aliphatic rings. The number of carbonyl (C=O) groups is 1. The molecule has 106 valence electrons. The van der Waals surface area contributed by atoms with E-state index in [1.807, 2.05) is 6.92 Å². The van der Waals surface area contributed by atoms with Crippen LogP contribution in [0.1, 0.15) is 25.0 Å². The number of likely N-dealkylation sites (N-methyl/N-ethyl adjacent to an activating group) is 1. The molecule has 0 bridgehead atoms. The molecule has 0 spiro atoms. The van der Waals surface area contributed by atoms with Gasteiger partial charge >= 0.3 is 5.97 Å². The molecule has 19 heavy (non-hydrogen) atoms. The third-order valence-corrected chi connectivity index (χ3v) is 2.67. The Morgan fingerprint density at radius 3 is 2.58 bits per heavy atom. The van der Waals surface area contributed by atoms with Crippen LogP contribution in [-0.2, 0) is 9.53 Å². The number of phenols is 2. The van der Waals surface area contributed by atoms with Gasteiger partial charge in [0.15, 0.2) is 11.5 Å². The van der Waals surface area contributed by atoms with Crippen LogP contribution in [0.5, 0.6) is 11.5 Å². The molecule has 0 saturated carbocycles. The molecule has 0 aliphatic heterocycles. The minimum absolute atomic E-state index is 0.282. The average Bonchev–Trinajstić information content (AvgIpc) is 2.40. The number of ether oxygens (including phenoxy) is 1. The highest BCUT2D eigenvalue weighted by Gasteiger charge is 2.28. The van der Waals surface area contributed by atoms with E-state index in [4.69, 9.17) is 4.74 Å². The van der Waals surface area contributed by atoms with Gasteiger partial charge in [-0.1, -0.05) is 13.0 Å². The molecule has 0 aromatic heterocycles. The molecule has 0 radical (unpaired) electrons. The minimum atomic E-state index is -1.18. The normalized spacial score (nSPS) is 13.8. The molecule has 4 N–H and O–H groups in total. The highest BCUT2D eigenvalue weighted by atomic mass is 16.5. The Morgan fingerprint density at radius 1 is 1.37 bits per heavy atom. The number of hydrogen-bond donors (Lipinski definition) is 4. The molecule has 0 fully saturated rings. The van der Waals surface area contributed by atoms with Crippen LogP contribution in [0, 0.1) is 0 Å². The topological polar surface area (TPSA) is 99.0 Å². The molecule has 0 saturated heterocycles. The Bertz CT molecular complexity index is 435. The van der Waals surface area contributed by atoms with Crippen molar-refractivity contribution in [2.45, 2.75) is 25.5 Å². The van der Waals surface area contributed by atoms with E-state index in [2.05, 4.69) is 5.32 Å². The summed E-state index contributed by atoms with van der Waals surface area (Å²) in [5.74, 6) is -1.21. The van der Waals surface area contributed by atoms with E-state index in [1.54, 1.807) is 0 Å². The lowest BCUT2D eigenvalue weighted by Crippen LogP contribution is -2.41. The van der Waals surface area contributed by atoms with Crippen molar-refractivity contribution in [3.8, 4) is 11.5 Å². The highest BCUT2D eigenvalue weighted by molar-refractivity contribution is 5.76. The SMILES string of the molecule is CCCOC(=O)[C@@H](NC)C(O)c1ccc(O)c(O)c1. The summed E-state index contributed by atoms with van der Waals surface area (Å²) in [4.78, 5) is 11.7. The number of nitrogens with one attached hydrogen (secondary N) is 1. The lowest BCUT2D eigenvalue weighted by molar-refractivity contribution is -0.149. The zero-order chi connectivity index (χ0) is 14.4. The quantitative estimate of drug-likeness (QED) is 0.447. The molecule has 0 amide bonds. The summed E-state index contributed by atoms with van der Waals surface area (Å²) in [6, 6.07) is 2.95. The molecule has 6 nitrogen and oxygen atoms in total. The van der Waals surface area contributed by atoms with E-state index in [0.717, 1.165) is 0 Å². The van der Waals surface area contributed by atoms with Crippen LogP contribution in [0.25, 0.3) is 0 Å². The molecule has 1 unspecified atom stereocenters. The van der Waals surface area contributed by atoms with Gasteiger partial charge < -0.3 is 25.4 Å². The number of esters is 1. The third kappa shape index (κ3) is 3.84. The van der Waals surface area contributed by atoms with E-state index in [1.165, 1.54) is 25.2 Å². The number of benzene rings is 1. The molecule has 1 aromatic rings. The maximum atomic E-state index is 11.7. The Kier molecular flexibility index (Phi) is 5.59. The van der Waals surface area contributed by atoms with Gasteiger partial charge in [0, 0.05) is 0 Å².